The molecule has 19 heavy (non-hydrogen) atoms. The largest absolute Gasteiger partial charge is 0.358 e. The van der Waals surface area contributed by atoms with E-state index in [4.69, 9.17) is 0 Å². The summed E-state index contributed by atoms with van der Waals surface area (Å²) in [5.41, 5.74) is 4.33. The molecule has 1 aromatic heterocycles. The van der Waals surface area contributed by atoms with Gasteiger partial charge >= 0.3 is 0 Å². The van der Waals surface area contributed by atoms with Crippen LogP contribution in [0.5, 0.6) is 0 Å². The zero-order chi connectivity index (χ0) is 13.6. The highest BCUT2D eigenvalue weighted by molar-refractivity contribution is 5.99. The number of hydrogen-bond acceptors (Lipinski definition) is 1. The van der Waals surface area contributed by atoms with Crippen molar-refractivity contribution in [3.05, 3.63) is 35.0 Å². The molecule has 1 amide bonds. The second kappa shape index (κ2) is 4.41. The highest BCUT2D eigenvalue weighted by atomic mass is 16.2. The van der Waals surface area contributed by atoms with Gasteiger partial charge in [-0.15, -0.1) is 0 Å². The fraction of sp³-hybridized carbons (Fsp3) is 0.438. The van der Waals surface area contributed by atoms with Crippen molar-refractivity contribution in [2.24, 2.45) is 0 Å². The molecule has 1 saturated heterocycles. The molecule has 3 nitrogen and oxygen atoms in total. The Morgan fingerprint density at radius 1 is 1.37 bits per heavy atom. The van der Waals surface area contributed by atoms with E-state index in [-0.39, 0.29) is 5.91 Å². The summed E-state index contributed by atoms with van der Waals surface area (Å²) in [5, 5.41) is 1.16. The quantitative estimate of drug-likeness (QED) is 0.834. The molecule has 1 unspecified atom stereocenters. The Kier molecular flexibility index (Phi) is 2.85. The highest BCUT2D eigenvalue weighted by Gasteiger charge is 2.26. The lowest BCUT2D eigenvalue weighted by atomic mass is 10.1. The molecule has 1 aliphatic heterocycles. The van der Waals surface area contributed by atoms with Gasteiger partial charge in [0.15, 0.2) is 0 Å². The first-order valence-corrected chi connectivity index (χ1v) is 6.98. The van der Waals surface area contributed by atoms with Crippen molar-refractivity contribution in [2.75, 3.05) is 6.54 Å². The first-order chi connectivity index (χ1) is 9.08. The van der Waals surface area contributed by atoms with E-state index in [0.29, 0.717) is 6.04 Å². The van der Waals surface area contributed by atoms with Crippen LogP contribution in [0.2, 0.25) is 0 Å². The number of H-pyrrole nitrogens is 1. The Labute approximate surface area is 113 Å². The molecule has 2 heterocycles. The van der Waals surface area contributed by atoms with E-state index in [1.165, 1.54) is 11.3 Å². The molecule has 0 bridgehead atoms. The van der Waals surface area contributed by atoms with E-state index in [1.54, 1.807) is 0 Å². The monoisotopic (exact) mass is 256 g/mol. The number of carbonyl (C=O) groups is 1. The van der Waals surface area contributed by atoms with Crippen molar-refractivity contribution >= 4 is 16.8 Å². The van der Waals surface area contributed by atoms with Gasteiger partial charge in [0.2, 0.25) is 0 Å². The molecular weight excluding hydrogens is 236 g/mol. The van der Waals surface area contributed by atoms with Crippen LogP contribution in [0.3, 0.4) is 0 Å². The van der Waals surface area contributed by atoms with Gasteiger partial charge in [0.05, 0.1) is 0 Å². The number of aromatic nitrogens is 1. The van der Waals surface area contributed by atoms with Gasteiger partial charge < -0.3 is 9.88 Å². The predicted molar refractivity (Wildman–Crippen MR) is 77.5 cm³/mol. The molecule has 1 N–H and O–H groups in total. The number of likely N-dealkylation sites (tertiary alicyclic amines) is 1. The third-order valence-electron chi connectivity index (χ3n) is 4.37. The Morgan fingerprint density at radius 2 is 2.16 bits per heavy atom. The molecule has 3 rings (SSSR count). The third-order valence-corrected chi connectivity index (χ3v) is 4.37. The average molecular weight is 256 g/mol. The maximum atomic E-state index is 12.5. The van der Waals surface area contributed by atoms with E-state index < -0.39 is 0 Å². The molecule has 0 saturated carbocycles. The first kappa shape index (κ1) is 12.3. The van der Waals surface area contributed by atoms with E-state index in [1.807, 2.05) is 23.1 Å². The standard InChI is InChI=1S/C16H20N2O/c1-10-5-4-8-18(10)16(19)13-6-7-15-14(9-13)11(2)12(3)17-15/h6-7,9-10,17H,4-5,8H2,1-3H3. The molecule has 0 aliphatic carbocycles. The van der Waals surface area contributed by atoms with Crippen molar-refractivity contribution in [3.8, 4) is 0 Å². The lowest BCUT2D eigenvalue weighted by Gasteiger charge is -2.21. The number of nitrogens with one attached hydrogen (secondary N) is 1. The maximum absolute atomic E-state index is 12.5. The predicted octanol–water partition coefficient (Wildman–Crippen LogP) is 3.41. The number of rotatable bonds is 1. The summed E-state index contributed by atoms with van der Waals surface area (Å²) in [5.74, 6) is 0.171. The number of carbonyl (C=O) groups excluding carboxylic acids is 1. The van der Waals surface area contributed by atoms with Crippen LogP contribution in [-0.2, 0) is 0 Å². The number of benzene rings is 1. The second-order valence-electron chi connectivity index (χ2n) is 5.63. The summed E-state index contributed by atoms with van der Waals surface area (Å²) in [4.78, 5) is 17.9. The molecule has 100 valence electrons. The molecule has 1 aliphatic rings. The van der Waals surface area contributed by atoms with Crippen LogP contribution >= 0.6 is 0 Å². The fourth-order valence-electron chi connectivity index (χ4n) is 3.00. The Bertz CT molecular complexity index is 641. The van der Waals surface area contributed by atoms with Crippen LogP contribution in [-0.4, -0.2) is 28.4 Å². The van der Waals surface area contributed by atoms with Gasteiger partial charge in [0, 0.05) is 34.7 Å². The normalized spacial score (nSPS) is 19.3. The molecular formula is C16H20N2O. The summed E-state index contributed by atoms with van der Waals surface area (Å²) in [7, 11) is 0. The zero-order valence-corrected chi connectivity index (χ0v) is 11.8. The van der Waals surface area contributed by atoms with Crippen LogP contribution in [0.1, 0.15) is 41.4 Å². The Hall–Kier alpha value is -1.77. The number of aryl methyl sites for hydroxylation is 2. The summed E-state index contributed by atoms with van der Waals surface area (Å²) in [6.07, 6.45) is 2.24. The molecule has 2 aromatic rings. The van der Waals surface area contributed by atoms with Gasteiger partial charge in [-0.1, -0.05) is 0 Å². The summed E-state index contributed by atoms with van der Waals surface area (Å²) < 4.78 is 0. The molecule has 0 spiro atoms. The van der Waals surface area contributed by atoms with Crippen molar-refractivity contribution in [1.29, 1.82) is 0 Å². The minimum atomic E-state index is 0.171. The SMILES string of the molecule is Cc1[nH]c2ccc(C(=O)N3CCCC3C)cc2c1C. The minimum absolute atomic E-state index is 0.171. The lowest BCUT2D eigenvalue weighted by Crippen LogP contribution is -2.33. The average Bonchev–Trinajstić information content (AvgIpc) is 2.94. The van der Waals surface area contributed by atoms with Crippen LogP contribution in [0.4, 0.5) is 0 Å². The van der Waals surface area contributed by atoms with Gasteiger partial charge in [0.1, 0.15) is 0 Å². The lowest BCUT2D eigenvalue weighted by molar-refractivity contribution is 0.0747. The Balaban J connectivity index is 2.01. The first-order valence-electron chi connectivity index (χ1n) is 6.98. The van der Waals surface area contributed by atoms with Crippen molar-refractivity contribution < 1.29 is 4.79 Å². The van der Waals surface area contributed by atoms with Gasteiger partial charge in [-0.3, -0.25) is 4.79 Å². The van der Waals surface area contributed by atoms with E-state index in [2.05, 4.69) is 25.8 Å². The molecule has 1 aromatic carbocycles. The molecule has 1 fully saturated rings. The second-order valence-corrected chi connectivity index (χ2v) is 5.63. The van der Waals surface area contributed by atoms with Gasteiger partial charge in [0.25, 0.3) is 5.91 Å². The third kappa shape index (κ3) is 1.93. The number of hydrogen-bond donors (Lipinski definition) is 1. The number of nitrogens with zero attached hydrogens (tertiary/aromatic N) is 1. The Morgan fingerprint density at radius 3 is 2.84 bits per heavy atom. The highest BCUT2D eigenvalue weighted by Crippen LogP contribution is 2.25. The van der Waals surface area contributed by atoms with Gasteiger partial charge in [-0.05, 0) is 57.4 Å². The van der Waals surface area contributed by atoms with Crippen LogP contribution < -0.4 is 0 Å². The van der Waals surface area contributed by atoms with Gasteiger partial charge in [-0.25, -0.2) is 0 Å². The van der Waals surface area contributed by atoms with E-state index in [9.17, 15) is 4.79 Å². The summed E-state index contributed by atoms with van der Waals surface area (Å²) >= 11 is 0. The number of amides is 1. The van der Waals surface area contributed by atoms with Crippen molar-refractivity contribution in [1.82, 2.24) is 9.88 Å². The minimum Gasteiger partial charge on any atom is -0.358 e. The maximum Gasteiger partial charge on any atom is 0.254 e. The van der Waals surface area contributed by atoms with Gasteiger partial charge in [-0.2, -0.15) is 0 Å². The smallest absolute Gasteiger partial charge is 0.254 e. The molecule has 0 radical (unpaired) electrons. The zero-order valence-electron chi connectivity index (χ0n) is 11.8. The topological polar surface area (TPSA) is 36.1 Å². The van der Waals surface area contributed by atoms with Crippen LogP contribution in [0.25, 0.3) is 10.9 Å². The van der Waals surface area contributed by atoms with Crippen molar-refractivity contribution in [2.45, 2.75) is 39.7 Å². The van der Waals surface area contributed by atoms with Crippen LogP contribution in [0, 0.1) is 13.8 Å². The molecule has 3 heteroatoms. The number of fused-ring (bicyclic) bond motifs is 1. The van der Waals surface area contributed by atoms with Crippen molar-refractivity contribution in [3.63, 3.8) is 0 Å². The molecule has 1 atom stereocenters. The van der Waals surface area contributed by atoms with E-state index >= 15 is 0 Å². The van der Waals surface area contributed by atoms with Crippen LogP contribution in [0.15, 0.2) is 18.2 Å². The summed E-state index contributed by atoms with van der Waals surface area (Å²) in [6.45, 7) is 7.19. The summed E-state index contributed by atoms with van der Waals surface area (Å²) in [6, 6.07) is 6.35. The fourth-order valence-corrected chi connectivity index (χ4v) is 3.00. The van der Waals surface area contributed by atoms with E-state index in [0.717, 1.165) is 35.9 Å². The number of aromatic amines is 1.